The number of benzene rings is 2. The molecule has 0 fully saturated rings. The molecule has 0 N–H and O–H groups in total. The molecule has 0 saturated carbocycles. The molecule has 3 rings (SSSR count). The Bertz CT molecular complexity index is 662. The Morgan fingerprint density at radius 1 is 0.947 bits per heavy atom. The van der Waals surface area contributed by atoms with Crippen molar-refractivity contribution in [2.24, 2.45) is 4.99 Å². The Morgan fingerprint density at radius 3 is 2.53 bits per heavy atom. The van der Waals surface area contributed by atoms with E-state index in [1.807, 2.05) is 24.3 Å². The summed E-state index contributed by atoms with van der Waals surface area (Å²) in [7, 11) is 0. The van der Waals surface area contributed by atoms with Gasteiger partial charge in [-0.25, -0.2) is 0 Å². The summed E-state index contributed by atoms with van der Waals surface area (Å²) >= 11 is 1.31. The van der Waals surface area contributed by atoms with Crippen LogP contribution in [-0.4, -0.2) is 6.21 Å². The summed E-state index contributed by atoms with van der Waals surface area (Å²) in [4.78, 5) is 5.72. The van der Waals surface area contributed by atoms with Gasteiger partial charge in [0.15, 0.2) is 0 Å². The van der Waals surface area contributed by atoms with Crippen molar-refractivity contribution in [3.05, 3.63) is 53.6 Å². The van der Waals surface area contributed by atoms with E-state index in [0.717, 1.165) is 16.6 Å². The molecular weight excluding hydrogens is 271 g/mol. The van der Waals surface area contributed by atoms with Gasteiger partial charge in [0.1, 0.15) is 0 Å². The van der Waals surface area contributed by atoms with E-state index < -0.39 is 11.7 Å². The van der Waals surface area contributed by atoms with Crippen molar-refractivity contribution in [2.45, 2.75) is 16.0 Å². The highest BCUT2D eigenvalue weighted by Crippen LogP contribution is 2.41. The number of nitrogens with zero attached hydrogens (tertiary/aromatic N) is 1. The Labute approximate surface area is 112 Å². The van der Waals surface area contributed by atoms with Crippen LogP contribution in [0, 0.1) is 0 Å². The first-order chi connectivity index (χ1) is 9.04. The van der Waals surface area contributed by atoms with Crippen LogP contribution in [0.4, 0.5) is 18.9 Å². The second-order valence-electron chi connectivity index (χ2n) is 4.08. The monoisotopic (exact) mass is 279 g/mol. The maximum atomic E-state index is 12.7. The smallest absolute Gasteiger partial charge is 0.255 e. The highest BCUT2D eigenvalue weighted by atomic mass is 32.2. The van der Waals surface area contributed by atoms with Crippen molar-refractivity contribution in [3.63, 3.8) is 0 Å². The van der Waals surface area contributed by atoms with Gasteiger partial charge in [0.2, 0.25) is 0 Å². The summed E-state index contributed by atoms with van der Waals surface area (Å²) in [6.07, 6.45) is -2.72. The van der Waals surface area contributed by atoms with Gasteiger partial charge >= 0.3 is 6.18 Å². The highest BCUT2D eigenvalue weighted by molar-refractivity contribution is 7.99. The predicted molar refractivity (Wildman–Crippen MR) is 69.3 cm³/mol. The average Bonchev–Trinajstić information content (AvgIpc) is 2.55. The molecule has 0 amide bonds. The van der Waals surface area contributed by atoms with E-state index in [-0.39, 0.29) is 0 Å². The van der Waals surface area contributed by atoms with Crippen LogP contribution in [0.3, 0.4) is 0 Å². The van der Waals surface area contributed by atoms with Crippen LogP contribution >= 0.6 is 11.8 Å². The summed E-state index contributed by atoms with van der Waals surface area (Å²) in [6, 6.07) is 11.1. The quantitative estimate of drug-likeness (QED) is 0.569. The molecule has 1 nitrogen and oxygen atoms in total. The van der Waals surface area contributed by atoms with Crippen molar-refractivity contribution in [3.8, 4) is 0 Å². The highest BCUT2D eigenvalue weighted by Gasteiger charge is 2.31. The molecule has 2 aromatic rings. The third-order valence-corrected chi connectivity index (χ3v) is 3.91. The SMILES string of the molecule is FC(F)(F)c1ccc2c(c1)Sc1ccccc1N=C2. The lowest BCUT2D eigenvalue weighted by molar-refractivity contribution is -0.137. The minimum Gasteiger partial charge on any atom is -0.255 e. The molecule has 5 heteroatoms. The second kappa shape index (κ2) is 4.42. The van der Waals surface area contributed by atoms with E-state index in [0.29, 0.717) is 10.5 Å². The van der Waals surface area contributed by atoms with Crippen LogP contribution < -0.4 is 0 Å². The van der Waals surface area contributed by atoms with Crippen LogP contribution in [0.25, 0.3) is 0 Å². The minimum absolute atomic E-state index is 0.573. The molecule has 0 aliphatic carbocycles. The largest absolute Gasteiger partial charge is 0.416 e. The number of hydrogen-bond donors (Lipinski definition) is 0. The molecule has 1 aliphatic rings. The number of alkyl halides is 3. The minimum atomic E-state index is -4.32. The molecule has 0 aromatic heterocycles. The molecule has 2 aromatic carbocycles. The fourth-order valence-corrected chi connectivity index (χ4v) is 2.85. The van der Waals surface area contributed by atoms with Gasteiger partial charge in [-0.1, -0.05) is 30.0 Å². The Morgan fingerprint density at radius 2 is 1.74 bits per heavy atom. The van der Waals surface area contributed by atoms with Crippen LogP contribution in [-0.2, 0) is 6.18 Å². The molecule has 0 radical (unpaired) electrons. The molecular formula is C14H8F3NS. The Hall–Kier alpha value is -1.75. The van der Waals surface area contributed by atoms with E-state index in [2.05, 4.69) is 4.99 Å². The van der Waals surface area contributed by atoms with Gasteiger partial charge in [-0.05, 0) is 24.3 Å². The van der Waals surface area contributed by atoms with Crippen molar-refractivity contribution in [1.82, 2.24) is 0 Å². The summed E-state index contributed by atoms with van der Waals surface area (Å²) in [5, 5.41) is 0. The van der Waals surface area contributed by atoms with E-state index >= 15 is 0 Å². The molecule has 1 aliphatic heterocycles. The van der Waals surface area contributed by atoms with Crippen molar-refractivity contribution >= 4 is 23.7 Å². The van der Waals surface area contributed by atoms with Crippen molar-refractivity contribution in [2.75, 3.05) is 0 Å². The van der Waals surface area contributed by atoms with E-state index in [1.54, 1.807) is 6.21 Å². The topological polar surface area (TPSA) is 12.4 Å². The first-order valence-electron chi connectivity index (χ1n) is 5.56. The van der Waals surface area contributed by atoms with Crippen molar-refractivity contribution in [1.29, 1.82) is 0 Å². The lowest BCUT2D eigenvalue weighted by Crippen LogP contribution is -2.05. The van der Waals surface area contributed by atoms with Crippen LogP contribution in [0.1, 0.15) is 11.1 Å². The zero-order chi connectivity index (χ0) is 13.5. The summed E-state index contributed by atoms with van der Waals surface area (Å²) in [6.45, 7) is 0. The van der Waals surface area contributed by atoms with E-state index in [4.69, 9.17) is 0 Å². The fourth-order valence-electron chi connectivity index (χ4n) is 1.81. The molecule has 0 spiro atoms. The first kappa shape index (κ1) is 12.3. The second-order valence-corrected chi connectivity index (χ2v) is 5.16. The third kappa shape index (κ3) is 2.38. The lowest BCUT2D eigenvalue weighted by Gasteiger charge is -2.10. The van der Waals surface area contributed by atoms with Gasteiger partial charge < -0.3 is 0 Å². The molecule has 0 bridgehead atoms. The number of aliphatic imine (C=N–C) groups is 1. The van der Waals surface area contributed by atoms with Gasteiger partial charge in [-0.2, -0.15) is 13.2 Å². The zero-order valence-corrected chi connectivity index (χ0v) is 10.4. The number of rotatable bonds is 0. The maximum absolute atomic E-state index is 12.7. The molecule has 0 unspecified atom stereocenters. The standard InChI is InChI=1S/C14H8F3NS/c15-14(16,17)10-6-5-9-8-18-11-3-1-2-4-12(11)19-13(9)7-10/h1-8H. The van der Waals surface area contributed by atoms with Gasteiger partial charge in [0, 0.05) is 21.6 Å². The predicted octanol–water partition coefficient (Wildman–Crippen LogP) is 4.92. The molecule has 19 heavy (non-hydrogen) atoms. The van der Waals surface area contributed by atoms with Crippen molar-refractivity contribution < 1.29 is 13.2 Å². The van der Waals surface area contributed by atoms with Crippen LogP contribution in [0.2, 0.25) is 0 Å². The van der Waals surface area contributed by atoms with Gasteiger partial charge in [0.05, 0.1) is 11.3 Å². The summed E-state index contributed by atoms with van der Waals surface area (Å²) in [5.74, 6) is 0. The Balaban J connectivity index is 2.10. The number of hydrogen-bond acceptors (Lipinski definition) is 2. The van der Waals surface area contributed by atoms with Gasteiger partial charge in [-0.3, -0.25) is 4.99 Å². The van der Waals surface area contributed by atoms with Gasteiger partial charge in [-0.15, -0.1) is 0 Å². The van der Waals surface area contributed by atoms with E-state index in [1.165, 1.54) is 23.9 Å². The van der Waals surface area contributed by atoms with Crippen LogP contribution in [0.15, 0.2) is 57.2 Å². The normalized spacial score (nSPS) is 13.6. The van der Waals surface area contributed by atoms with Gasteiger partial charge in [0.25, 0.3) is 0 Å². The zero-order valence-electron chi connectivity index (χ0n) is 9.61. The summed E-state index contributed by atoms with van der Waals surface area (Å²) in [5.41, 5.74) is 0.845. The number of fused-ring (bicyclic) bond motifs is 2. The number of halogens is 3. The third-order valence-electron chi connectivity index (χ3n) is 2.77. The fraction of sp³-hybridized carbons (Fsp3) is 0.0714. The molecule has 0 atom stereocenters. The molecule has 1 heterocycles. The molecule has 96 valence electrons. The summed E-state index contributed by atoms with van der Waals surface area (Å²) < 4.78 is 38.1. The van der Waals surface area contributed by atoms with Crippen LogP contribution in [0.5, 0.6) is 0 Å². The first-order valence-corrected chi connectivity index (χ1v) is 6.38. The molecule has 0 saturated heterocycles. The number of para-hydroxylation sites is 1. The average molecular weight is 279 g/mol. The van der Waals surface area contributed by atoms with E-state index in [9.17, 15) is 13.2 Å². The Kier molecular flexibility index (Phi) is 2.86. The maximum Gasteiger partial charge on any atom is 0.416 e. The lowest BCUT2D eigenvalue weighted by atomic mass is 10.1.